The van der Waals surface area contributed by atoms with Gasteiger partial charge in [-0.2, -0.15) is 0 Å². The molecule has 0 amide bonds. The topological polar surface area (TPSA) is 104 Å². The molecule has 5 rings (SSSR count). The van der Waals surface area contributed by atoms with E-state index in [1.165, 1.54) is 0 Å². The summed E-state index contributed by atoms with van der Waals surface area (Å²) < 4.78 is 37.7. The fraction of sp³-hybridized carbons (Fsp3) is 0.471. The van der Waals surface area contributed by atoms with Crippen molar-refractivity contribution < 1.29 is 28.4 Å². The van der Waals surface area contributed by atoms with Crippen LogP contribution in [0.3, 0.4) is 0 Å². The molecule has 9 atom stereocenters. The van der Waals surface area contributed by atoms with Gasteiger partial charge < -0.3 is 28.4 Å². The van der Waals surface area contributed by atoms with Gasteiger partial charge in [0.2, 0.25) is 0 Å². The molecule has 0 aliphatic carbocycles. The SMILES string of the molecule is CC1[C@H]2OC(c3ccccc3)OCC2O[C@H](OC[C@H](N=[N+]=[N-])[C@H](OCc2ccccc2)[C@@H](C)OCc2ccccc2)[C@H]1C. The lowest BCUT2D eigenvalue weighted by molar-refractivity contribution is -0.343. The van der Waals surface area contributed by atoms with Gasteiger partial charge in [-0.3, -0.25) is 0 Å². The zero-order valence-electron chi connectivity index (χ0n) is 25.0. The van der Waals surface area contributed by atoms with Crippen molar-refractivity contribution in [3.63, 3.8) is 0 Å². The fourth-order valence-corrected chi connectivity index (χ4v) is 5.62. The Balaban J connectivity index is 1.24. The monoisotopic (exact) mass is 587 g/mol. The van der Waals surface area contributed by atoms with Gasteiger partial charge in [0.1, 0.15) is 6.10 Å². The molecule has 9 nitrogen and oxygen atoms in total. The van der Waals surface area contributed by atoms with Crippen molar-refractivity contribution in [2.45, 2.75) is 77.0 Å². The second-order valence-corrected chi connectivity index (χ2v) is 11.3. The maximum absolute atomic E-state index is 9.51. The molecule has 0 saturated carbocycles. The zero-order chi connectivity index (χ0) is 30.0. The highest BCUT2D eigenvalue weighted by Crippen LogP contribution is 2.39. The van der Waals surface area contributed by atoms with E-state index in [1.807, 2.05) is 97.9 Å². The van der Waals surface area contributed by atoms with Gasteiger partial charge in [0.05, 0.1) is 50.8 Å². The Morgan fingerprint density at radius 1 is 0.837 bits per heavy atom. The molecule has 9 heteroatoms. The second-order valence-electron chi connectivity index (χ2n) is 11.3. The minimum absolute atomic E-state index is 0.0259. The lowest BCUT2D eigenvalue weighted by Gasteiger charge is -2.48. The Bertz CT molecular complexity index is 1290. The largest absolute Gasteiger partial charge is 0.371 e. The number of rotatable bonds is 13. The van der Waals surface area contributed by atoms with Crippen molar-refractivity contribution in [3.8, 4) is 0 Å². The Labute approximate surface area is 253 Å². The maximum atomic E-state index is 9.51. The number of azide groups is 1. The first-order valence-corrected chi connectivity index (χ1v) is 15.0. The maximum Gasteiger partial charge on any atom is 0.184 e. The van der Waals surface area contributed by atoms with Crippen LogP contribution < -0.4 is 0 Å². The molecule has 2 fully saturated rings. The van der Waals surface area contributed by atoms with E-state index in [2.05, 4.69) is 23.9 Å². The summed E-state index contributed by atoms with van der Waals surface area (Å²) in [4.78, 5) is 3.14. The molecule has 2 aliphatic heterocycles. The quantitative estimate of drug-likeness (QED) is 0.121. The van der Waals surface area contributed by atoms with E-state index in [1.54, 1.807) is 0 Å². The molecule has 3 unspecified atom stereocenters. The number of hydrogen-bond acceptors (Lipinski definition) is 7. The van der Waals surface area contributed by atoms with Crippen molar-refractivity contribution in [1.82, 2.24) is 0 Å². The molecule has 0 aromatic heterocycles. The molecule has 0 N–H and O–H groups in total. The number of fused-ring (bicyclic) bond motifs is 1. The van der Waals surface area contributed by atoms with Crippen LogP contribution in [0.4, 0.5) is 0 Å². The number of hydrogen-bond donors (Lipinski definition) is 0. The highest BCUT2D eigenvalue weighted by Gasteiger charge is 2.47. The third kappa shape index (κ3) is 8.22. The first-order valence-electron chi connectivity index (χ1n) is 15.0. The number of nitrogens with zero attached hydrogens (tertiary/aromatic N) is 3. The summed E-state index contributed by atoms with van der Waals surface area (Å²) in [6, 6.07) is 29.1. The van der Waals surface area contributed by atoms with Gasteiger partial charge in [0.15, 0.2) is 12.6 Å². The molecule has 228 valence electrons. The molecular weight excluding hydrogens is 546 g/mol. The van der Waals surface area contributed by atoms with E-state index in [9.17, 15) is 5.53 Å². The van der Waals surface area contributed by atoms with Crippen LogP contribution in [-0.2, 0) is 41.6 Å². The van der Waals surface area contributed by atoms with Crippen LogP contribution in [0.2, 0.25) is 0 Å². The summed E-state index contributed by atoms with van der Waals surface area (Å²) in [5.41, 5.74) is 12.6. The summed E-state index contributed by atoms with van der Waals surface area (Å²) in [6.45, 7) is 7.44. The molecule has 0 spiro atoms. The van der Waals surface area contributed by atoms with Gasteiger partial charge in [0, 0.05) is 16.4 Å². The first-order chi connectivity index (χ1) is 21.0. The van der Waals surface area contributed by atoms with Crippen molar-refractivity contribution in [2.24, 2.45) is 17.0 Å². The summed E-state index contributed by atoms with van der Waals surface area (Å²) >= 11 is 0. The highest BCUT2D eigenvalue weighted by atomic mass is 16.7. The summed E-state index contributed by atoms with van der Waals surface area (Å²) in [7, 11) is 0. The van der Waals surface area contributed by atoms with E-state index < -0.39 is 24.7 Å². The van der Waals surface area contributed by atoms with Gasteiger partial charge >= 0.3 is 0 Å². The van der Waals surface area contributed by atoms with Crippen LogP contribution in [-0.4, -0.2) is 50.0 Å². The van der Waals surface area contributed by atoms with Gasteiger partial charge in [-0.1, -0.05) is 110 Å². The summed E-state index contributed by atoms with van der Waals surface area (Å²) in [5.74, 6) is 0.174. The Morgan fingerprint density at radius 3 is 2.07 bits per heavy atom. The second kappa shape index (κ2) is 15.5. The highest BCUT2D eigenvalue weighted by molar-refractivity contribution is 5.17. The van der Waals surface area contributed by atoms with Crippen LogP contribution in [0.1, 0.15) is 43.8 Å². The summed E-state index contributed by atoms with van der Waals surface area (Å²) in [6.07, 6.45) is -2.29. The predicted molar refractivity (Wildman–Crippen MR) is 162 cm³/mol. The molecule has 0 bridgehead atoms. The Kier molecular flexibility index (Phi) is 11.2. The standard InChI is InChI=1S/C34H41N3O6/c1-23-24(2)33(42-30-22-41-34(43-31(23)30)28-17-11-6-12-18-28)40-21-29(36-37-35)32(39-20-27-15-9-5-10-16-27)25(3)38-19-26-13-7-4-8-14-26/h4-18,23-25,29-34H,19-22H2,1-3H3/t23?,24-,25+,29-,30?,31+,32+,33-,34?/m0/s1. The average Bonchev–Trinajstić information content (AvgIpc) is 3.06. The molecule has 2 heterocycles. The third-order valence-corrected chi connectivity index (χ3v) is 8.33. The summed E-state index contributed by atoms with van der Waals surface area (Å²) in [5, 5.41) is 4.11. The molecule has 2 saturated heterocycles. The Morgan fingerprint density at radius 2 is 1.44 bits per heavy atom. The van der Waals surface area contributed by atoms with Gasteiger partial charge in [-0.15, -0.1) is 0 Å². The van der Waals surface area contributed by atoms with Gasteiger partial charge in [0.25, 0.3) is 0 Å². The minimum atomic E-state index is -0.648. The lowest BCUT2D eigenvalue weighted by Crippen LogP contribution is -2.56. The molecule has 3 aromatic rings. The van der Waals surface area contributed by atoms with Gasteiger partial charge in [-0.05, 0) is 29.5 Å². The van der Waals surface area contributed by atoms with Crippen LogP contribution >= 0.6 is 0 Å². The van der Waals surface area contributed by atoms with E-state index in [0.717, 1.165) is 16.7 Å². The smallest absolute Gasteiger partial charge is 0.184 e. The van der Waals surface area contributed by atoms with Crippen molar-refractivity contribution in [1.29, 1.82) is 0 Å². The zero-order valence-corrected chi connectivity index (χ0v) is 25.0. The Hall–Kier alpha value is -3.27. The number of ether oxygens (including phenoxy) is 6. The van der Waals surface area contributed by atoms with Crippen LogP contribution in [0.5, 0.6) is 0 Å². The van der Waals surface area contributed by atoms with Crippen LogP contribution in [0.15, 0.2) is 96.1 Å². The van der Waals surface area contributed by atoms with E-state index in [4.69, 9.17) is 28.4 Å². The fourth-order valence-electron chi connectivity index (χ4n) is 5.62. The van der Waals surface area contributed by atoms with Crippen molar-refractivity contribution >= 4 is 0 Å². The molecule has 3 aromatic carbocycles. The normalized spacial score (nSPS) is 27.3. The van der Waals surface area contributed by atoms with Gasteiger partial charge in [-0.25, -0.2) is 0 Å². The third-order valence-electron chi connectivity index (χ3n) is 8.33. The minimum Gasteiger partial charge on any atom is -0.371 e. The van der Waals surface area contributed by atoms with E-state index >= 15 is 0 Å². The first kappa shape index (κ1) is 31.2. The molecule has 43 heavy (non-hydrogen) atoms. The number of benzene rings is 3. The molecule has 0 radical (unpaired) electrons. The lowest BCUT2D eigenvalue weighted by atomic mass is 9.84. The molecule has 2 aliphatic rings. The predicted octanol–water partition coefficient (Wildman–Crippen LogP) is 6.98. The molecular formula is C34H41N3O6. The van der Waals surface area contributed by atoms with Crippen LogP contribution in [0.25, 0.3) is 10.4 Å². The van der Waals surface area contributed by atoms with Crippen LogP contribution in [0, 0.1) is 11.8 Å². The van der Waals surface area contributed by atoms with Crippen molar-refractivity contribution in [3.05, 3.63) is 118 Å². The average molecular weight is 588 g/mol. The van der Waals surface area contributed by atoms with Crippen molar-refractivity contribution in [2.75, 3.05) is 13.2 Å². The van der Waals surface area contributed by atoms with E-state index in [0.29, 0.717) is 19.8 Å². The van der Waals surface area contributed by atoms with E-state index in [-0.39, 0.29) is 36.8 Å².